The number of rotatable bonds is 34. The van der Waals surface area contributed by atoms with Crippen LogP contribution in [0.2, 0.25) is 0 Å². The molecule has 0 saturated heterocycles. The highest BCUT2D eigenvalue weighted by Crippen LogP contribution is 2.19. The molecule has 286 valence electrons. The molecule has 0 radical (unpaired) electrons. The minimum atomic E-state index is -0.994. The second kappa shape index (κ2) is 39.6. The number of unbranched alkanes of at least 4 members (excludes halogenated alkanes) is 15. The largest absolute Gasteiger partial charge is 0.466 e. The van der Waals surface area contributed by atoms with Crippen molar-refractivity contribution in [2.75, 3.05) is 26.3 Å². The second-order valence-corrected chi connectivity index (χ2v) is 13.6. The van der Waals surface area contributed by atoms with Crippen LogP contribution in [0.4, 0.5) is 4.79 Å². The molecule has 0 aliphatic carbocycles. The van der Waals surface area contributed by atoms with Crippen LogP contribution in [0.25, 0.3) is 0 Å². The Morgan fingerprint density at radius 3 is 1.25 bits per heavy atom. The third-order valence-corrected chi connectivity index (χ3v) is 9.52. The summed E-state index contributed by atoms with van der Waals surface area (Å²) < 4.78 is 10.4. The Hall–Kier alpha value is -1.83. The molecule has 0 fully saturated rings. The van der Waals surface area contributed by atoms with Gasteiger partial charge in [0.15, 0.2) is 0 Å². The van der Waals surface area contributed by atoms with Gasteiger partial charge in [-0.3, -0.25) is 9.59 Å². The van der Waals surface area contributed by atoms with E-state index in [1.54, 1.807) is 0 Å². The maximum absolute atomic E-state index is 11.6. The van der Waals surface area contributed by atoms with Gasteiger partial charge in [-0.2, -0.15) is 0 Å². The minimum absolute atomic E-state index is 0.0603. The molecule has 8 nitrogen and oxygen atoms in total. The molecular formula is C40H80N2O6. The van der Waals surface area contributed by atoms with E-state index in [1.165, 1.54) is 109 Å². The van der Waals surface area contributed by atoms with Crippen LogP contribution >= 0.6 is 0 Å². The van der Waals surface area contributed by atoms with E-state index >= 15 is 0 Å². The summed E-state index contributed by atoms with van der Waals surface area (Å²) in [5, 5.41) is 10.7. The molecule has 0 aromatic carbocycles. The van der Waals surface area contributed by atoms with Crippen LogP contribution in [0.3, 0.4) is 0 Å². The van der Waals surface area contributed by atoms with E-state index < -0.39 is 6.09 Å². The van der Waals surface area contributed by atoms with Crippen molar-refractivity contribution in [1.29, 1.82) is 0 Å². The molecule has 0 bridgehead atoms. The van der Waals surface area contributed by atoms with Gasteiger partial charge >= 0.3 is 18.0 Å². The van der Waals surface area contributed by atoms with Crippen molar-refractivity contribution in [2.24, 2.45) is 17.6 Å². The molecule has 0 aliphatic rings. The van der Waals surface area contributed by atoms with Crippen molar-refractivity contribution in [3.63, 3.8) is 0 Å². The molecular weight excluding hydrogens is 604 g/mol. The van der Waals surface area contributed by atoms with Gasteiger partial charge in [-0.15, -0.1) is 0 Å². The van der Waals surface area contributed by atoms with Crippen molar-refractivity contribution in [3.05, 3.63) is 0 Å². The van der Waals surface area contributed by atoms with Crippen molar-refractivity contribution in [3.8, 4) is 0 Å². The van der Waals surface area contributed by atoms with Crippen LogP contribution in [-0.4, -0.2) is 49.4 Å². The van der Waals surface area contributed by atoms with E-state index in [0.717, 1.165) is 63.2 Å². The van der Waals surface area contributed by atoms with Crippen molar-refractivity contribution >= 4 is 18.0 Å². The van der Waals surface area contributed by atoms with Gasteiger partial charge in [-0.1, -0.05) is 150 Å². The van der Waals surface area contributed by atoms with Gasteiger partial charge in [0.2, 0.25) is 0 Å². The topological polar surface area (TPSA) is 128 Å². The van der Waals surface area contributed by atoms with Crippen molar-refractivity contribution in [1.82, 2.24) is 5.32 Å². The van der Waals surface area contributed by atoms with Gasteiger partial charge in [0.05, 0.1) is 13.2 Å². The van der Waals surface area contributed by atoms with Crippen molar-refractivity contribution in [2.45, 2.75) is 201 Å². The van der Waals surface area contributed by atoms with E-state index in [9.17, 15) is 14.4 Å². The van der Waals surface area contributed by atoms with E-state index in [2.05, 4.69) is 33.0 Å². The number of carbonyl (C=O) groups is 3. The van der Waals surface area contributed by atoms with Gasteiger partial charge in [-0.25, -0.2) is 4.79 Å². The number of esters is 2. The van der Waals surface area contributed by atoms with Gasteiger partial charge in [-0.05, 0) is 56.9 Å². The average Bonchev–Trinajstić information content (AvgIpc) is 3.08. The second-order valence-electron chi connectivity index (χ2n) is 13.6. The molecule has 0 atom stereocenters. The molecule has 0 aromatic heterocycles. The SMILES string of the molecule is CCC(CC)CCCCCCCCCOC(=O)CCCCCNC(=O)O.CCC(CC)CCCCCCCCCOC(=O)CCCCN. The summed E-state index contributed by atoms with van der Waals surface area (Å²) in [6.07, 6.45) is 29.8. The van der Waals surface area contributed by atoms with Crippen LogP contribution < -0.4 is 11.1 Å². The predicted molar refractivity (Wildman–Crippen MR) is 201 cm³/mol. The number of hydrogen-bond donors (Lipinski definition) is 3. The number of hydrogen-bond acceptors (Lipinski definition) is 6. The first-order chi connectivity index (χ1) is 23.3. The number of carboxylic acid groups (broad SMARTS) is 1. The Kier molecular flexibility index (Phi) is 39.8. The third-order valence-electron chi connectivity index (χ3n) is 9.52. The van der Waals surface area contributed by atoms with E-state index in [4.69, 9.17) is 20.3 Å². The number of carbonyl (C=O) groups excluding carboxylic acids is 2. The van der Waals surface area contributed by atoms with E-state index in [-0.39, 0.29) is 11.9 Å². The number of ether oxygens (including phenoxy) is 2. The zero-order valence-electron chi connectivity index (χ0n) is 32.1. The summed E-state index contributed by atoms with van der Waals surface area (Å²) in [4.78, 5) is 33.2. The first kappa shape index (κ1) is 48.3. The Bertz CT molecular complexity index is 697. The molecule has 0 heterocycles. The van der Waals surface area contributed by atoms with Crippen molar-refractivity contribution < 1.29 is 29.0 Å². The maximum atomic E-state index is 11.6. The normalized spacial score (nSPS) is 11.0. The van der Waals surface area contributed by atoms with E-state index in [0.29, 0.717) is 39.1 Å². The molecule has 8 heteroatoms. The summed E-state index contributed by atoms with van der Waals surface area (Å²) in [5.74, 6) is 1.68. The Labute approximate surface area is 296 Å². The highest BCUT2D eigenvalue weighted by Gasteiger charge is 2.05. The molecule has 0 unspecified atom stereocenters. The summed E-state index contributed by atoms with van der Waals surface area (Å²) >= 11 is 0. The molecule has 1 amide bonds. The van der Waals surface area contributed by atoms with E-state index in [1.807, 2.05) is 0 Å². The number of nitrogens with one attached hydrogen (secondary N) is 1. The lowest BCUT2D eigenvalue weighted by molar-refractivity contribution is -0.144. The fraction of sp³-hybridized carbons (Fsp3) is 0.925. The summed E-state index contributed by atoms with van der Waals surface area (Å²) in [5.41, 5.74) is 5.39. The fourth-order valence-corrected chi connectivity index (χ4v) is 5.93. The first-order valence-electron chi connectivity index (χ1n) is 20.3. The molecule has 48 heavy (non-hydrogen) atoms. The zero-order valence-corrected chi connectivity index (χ0v) is 32.1. The number of nitrogens with two attached hydrogens (primary N) is 1. The maximum Gasteiger partial charge on any atom is 0.404 e. The lowest BCUT2D eigenvalue weighted by Gasteiger charge is -2.11. The number of amides is 1. The van der Waals surface area contributed by atoms with Gasteiger partial charge in [0, 0.05) is 19.4 Å². The molecule has 0 saturated carbocycles. The monoisotopic (exact) mass is 685 g/mol. The predicted octanol–water partition coefficient (Wildman–Crippen LogP) is 11.1. The average molecular weight is 685 g/mol. The first-order valence-corrected chi connectivity index (χ1v) is 20.3. The fourth-order valence-electron chi connectivity index (χ4n) is 5.93. The molecule has 0 rings (SSSR count). The molecule has 0 spiro atoms. The standard InChI is InChI=1S/C21H41NO4.C19H39NO2/c1-3-19(4-2)15-11-8-6-5-7-9-14-18-26-20(23)16-12-10-13-17-22-21(24)25;1-3-18(4-2)14-10-8-6-5-7-9-13-17-22-19(21)15-11-12-16-20/h19,22H,3-18H2,1-2H3,(H,24,25);18H,3-17,20H2,1-2H3. The van der Waals surface area contributed by atoms with Crippen LogP contribution in [0.5, 0.6) is 0 Å². The summed E-state index contributed by atoms with van der Waals surface area (Å²) in [6, 6.07) is 0. The summed E-state index contributed by atoms with van der Waals surface area (Å²) in [6.45, 7) is 11.4. The van der Waals surface area contributed by atoms with Gasteiger partial charge in [0.25, 0.3) is 0 Å². The van der Waals surface area contributed by atoms with Crippen LogP contribution in [0, 0.1) is 11.8 Å². The van der Waals surface area contributed by atoms with Crippen LogP contribution in [-0.2, 0) is 19.1 Å². The molecule has 0 aliphatic heterocycles. The Morgan fingerprint density at radius 2 is 0.875 bits per heavy atom. The Balaban J connectivity index is 0. The molecule has 0 aromatic rings. The van der Waals surface area contributed by atoms with Gasteiger partial charge < -0.3 is 25.6 Å². The highest BCUT2D eigenvalue weighted by atomic mass is 16.5. The van der Waals surface area contributed by atoms with Gasteiger partial charge in [0.1, 0.15) is 0 Å². The lowest BCUT2D eigenvalue weighted by Crippen LogP contribution is -2.21. The lowest BCUT2D eigenvalue weighted by atomic mass is 9.95. The third kappa shape index (κ3) is 38.6. The molecule has 4 N–H and O–H groups in total. The quantitative estimate of drug-likeness (QED) is 0.0454. The minimum Gasteiger partial charge on any atom is -0.466 e. The highest BCUT2D eigenvalue weighted by molar-refractivity contribution is 5.69. The van der Waals surface area contributed by atoms with Crippen LogP contribution in [0.15, 0.2) is 0 Å². The Morgan fingerprint density at radius 1 is 0.521 bits per heavy atom. The van der Waals surface area contributed by atoms with Crippen LogP contribution in [0.1, 0.15) is 201 Å². The smallest absolute Gasteiger partial charge is 0.404 e. The zero-order chi connectivity index (χ0) is 35.9. The summed E-state index contributed by atoms with van der Waals surface area (Å²) in [7, 11) is 0.